The number of benzene rings is 3. The summed E-state index contributed by atoms with van der Waals surface area (Å²) in [6.45, 7) is 2.69. The maximum Gasteiger partial charge on any atom is 0.261 e. The second-order valence-corrected chi connectivity index (χ2v) is 11.7. The van der Waals surface area contributed by atoms with Gasteiger partial charge in [0.15, 0.2) is 5.58 Å². The molecule has 0 bridgehead atoms. The minimum Gasteiger partial charge on any atom is -0.356 e. The van der Waals surface area contributed by atoms with Crippen LogP contribution in [0.25, 0.3) is 22.3 Å². The summed E-state index contributed by atoms with van der Waals surface area (Å²) in [7, 11) is 0. The third-order valence-corrected chi connectivity index (χ3v) is 9.11. The lowest BCUT2D eigenvalue weighted by atomic mass is 10.0. The van der Waals surface area contributed by atoms with E-state index in [2.05, 4.69) is 33.2 Å². The number of aryl methyl sites for hydroxylation is 1. The minimum absolute atomic E-state index is 0.124. The van der Waals surface area contributed by atoms with Gasteiger partial charge < -0.3 is 9.42 Å². The third-order valence-electron chi connectivity index (χ3n) is 7.88. The van der Waals surface area contributed by atoms with Crippen LogP contribution in [0.2, 0.25) is 5.02 Å². The molecule has 1 amide bonds. The Morgan fingerprint density at radius 2 is 1.93 bits per heavy atom. The van der Waals surface area contributed by atoms with Gasteiger partial charge in [-0.25, -0.2) is 4.52 Å². The van der Waals surface area contributed by atoms with E-state index in [0.717, 1.165) is 33.1 Å². The Morgan fingerprint density at radius 3 is 2.71 bits per heavy atom. The van der Waals surface area contributed by atoms with E-state index < -0.39 is 0 Å². The molecule has 1 aliphatic rings. The zero-order valence-corrected chi connectivity index (χ0v) is 25.0. The fourth-order valence-corrected chi connectivity index (χ4v) is 6.18. The quantitative estimate of drug-likeness (QED) is 0.218. The van der Waals surface area contributed by atoms with Crippen LogP contribution in [0.3, 0.4) is 0 Å². The lowest BCUT2D eigenvalue weighted by Gasteiger charge is -2.29. The van der Waals surface area contributed by atoms with Gasteiger partial charge in [-0.2, -0.15) is 5.10 Å². The summed E-state index contributed by atoms with van der Waals surface area (Å²) in [5.41, 5.74) is 6.57. The summed E-state index contributed by atoms with van der Waals surface area (Å²) in [4.78, 5) is 29.6. The monoisotopic (exact) mass is 641 g/mol. The Kier molecular flexibility index (Phi) is 6.71. The molecule has 0 aliphatic carbocycles. The highest BCUT2D eigenvalue weighted by atomic mass is 79.9. The van der Waals surface area contributed by atoms with Crippen molar-refractivity contribution in [3.05, 3.63) is 126 Å². The molecule has 0 unspecified atom stereocenters. The van der Waals surface area contributed by atoms with Gasteiger partial charge in [0.05, 0.1) is 34.8 Å². The van der Waals surface area contributed by atoms with Crippen molar-refractivity contribution in [1.29, 1.82) is 0 Å². The fourth-order valence-electron chi connectivity index (χ4n) is 5.75. The molecule has 0 N–H and O–H groups in total. The van der Waals surface area contributed by atoms with E-state index in [-0.39, 0.29) is 18.0 Å². The summed E-state index contributed by atoms with van der Waals surface area (Å²) < 4.78 is 9.90. The number of carbonyl (C=O) groups excluding carboxylic acids is 1. The van der Waals surface area contributed by atoms with Gasteiger partial charge in [0.2, 0.25) is 0 Å². The molecular weight excluding hydrogens is 618 g/mol. The number of fused-ring (bicyclic) bond motifs is 4. The first-order valence-corrected chi connectivity index (χ1v) is 14.9. The van der Waals surface area contributed by atoms with E-state index in [4.69, 9.17) is 21.2 Å². The molecule has 7 rings (SSSR count). The molecule has 0 radical (unpaired) electrons. The lowest BCUT2D eigenvalue weighted by Crippen LogP contribution is -2.41. The first kappa shape index (κ1) is 26.7. The molecule has 6 aromatic rings. The van der Waals surface area contributed by atoms with E-state index in [1.807, 2.05) is 54.0 Å². The molecule has 0 saturated heterocycles. The predicted molar refractivity (Wildman–Crippen MR) is 165 cm³/mol. The van der Waals surface area contributed by atoms with Gasteiger partial charge in [-0.05, 0) is 64.7 Å². The van der Waals surface area contributed by atoms with Gasteiger partial charge in [0.1, 0.15) is 5.65 Å². The molecule has 0 atom stereocenters. The highest BCUT2D eigenvalue weighted by Crippen LogP contribution is 2.29. The number of hydrogen-bond donors (Lipinski definition) is 0. The van der Waals surface area contributed by atoms with Crippen LogP contribution in [0.4, 0.5) is 0 Å². The molecule has 1 aliphatic heterocycles. The number of carbonyl (C=O) groups is 1. The fraction of sp³-hybridized carbons (Fsp3) is 0.188. The van der Waals surface area contributed by atoms with Crippen LogP contribution in [0.1, 0.15) is 45.4 Å². The molecule has 10 heteroatoms. The van der Waals surface area contributed by atoms with Crippen LogP contribution >= 0.6 is 27.5 Å². The van der Waals surface area contributed by atoms with E-state index >= 15 is 0 Å². The van der Waals surface area contributed by atoms with Crippen molar-refractivity contribution < 1.29 is 9.32 Å². The molecule has 0 spiro atoms. The summed E-state index contributed by atoms with van der Waals surface area (Å²) in [5, 5.41) is 10.4. The number of halogens is 2. The second-order valence-electron chi connectivity index (χ2n) is 10.4. The van der Waals surface area contributed by atoms with Crippen LogP contribution in [0.5, 0.6) is 0 Å². The maximum atomic E-state index is 14.3. The zero-order valence-electron chi connectivity index (χ0n) is 22.7. The Labute approximate surface area is 254 Å². The number of nitrogens with zero attached hydrogens (tertiary/aromatic N) is 5. The summed E-state index contributed by atoms with van der Waals surface area (Å²) in [5.74, 6) is -0.147. The normalized spacial score (nSPS) is 13.2. The molecule has 3 aromatic carbocycles. The van der Waals surface area contributed by atoms with Gasteiger partial charge >= 0.3 is 0 Å². The predicted octanol–water partition coefficient (Wildman–Crippen LogP) is 6.39. The van der Waals surface area contributed by atoms with Crippen LogP contribution in [-0.2, 0) is 25.8 Å². The summed E-state index contributed by atoms with van der Waals surface area (Å²) in [6.07, 6.45) is 3.56. The lowest BCUT2D eigenvalue weighted by molar-refractivity contribution is 0.0729. The number of aromatic nitrogens is 4. The van der Waals surface area contributed by atoms with Gasteiger partial charge in [0, 0.05) is 45.6 Å². The molecule has 0 fully saturated rings. The van der Waals surface area contributed by atoms with Crippen molar-refractivity contribution in [1.82, 2.24) is 24.2 Å². The summed E-state index contributed by atoms with van der Waals surface area (Å²) in [6, 6.07) is 21.0. The molecule has 4 heterocycles. The molecule has 3 aromatic heterocycles. The second kappa shape index (κ2) is 10.6. The van der Waals surface area contributed by atoms with Crippen LogP contribution in [0.15, 0.2) is 86.7 Å². The average Bonchev–Trinajstić information content (AvgIpc) is 3.62. The number of hydrogen-bond acceptors (Lipinski definition) is 5. The Hall–Kier alpha value is -4.21. The standard InChI is InChI=1S/C32H25BrClN5O3/c1-2-27-23-10-9-22(16-29(23)42-36-27)38-30-21(14-19-6-4-3-5-7-19)17-35-39(30)28-18-37(13-12-24(28)32(38)41)31(40)20-8-11-25(33)26(34)15-20/h3-11,15-17H,2,12-14,18H2,1H3. The third kappa shape index (κ3) is 4.44. The van der Waals surface area contributed by atoms with E-state index in [0.29, 0.717) is 58.1 Å². The molecule has 0 saturated carbocycles. The highest BCUT2D eigenvalue weighted by Gasteiger charge is 2.29. The van der Waals surface area contributed by atoms with Crippen molar-refractivity contribution in [2.24, 2.45) is 0 Å². The summed E-state index contributed by atoms with van der Waals surface area (Å²) >= 11 is 9.67. The van der Waals surface area contributed by atoms with Crippen molar-refractivity contribution >= 4 is 50.1 Å². The van der Waals surface area contributed by atoms with Gasteiger partial charge in [-0.3, -0.25) is 14.2 Å². The van der Waals surface area contributed by atoms with Gasteiger partial charge in [0.25, 0.3) is 11.5 Å². The van der Waals surface area contributed by atoms with Crippen LogP contribution in [0, 0.1) is 0 Å². The van der Waals surface area contributed by atoms with Crippen LogP contribution < -0.4 is 5.56 Å². The average molecular weight is 643 g/mol. The number of amides is 1. The number of rotatable bonds is 5. The van der Waals surface area contributed by atoms with Crippen molar-refractivity contribution in [2.45, 2.75) is 32.7 Å². The Morgan fingerprint density at radius 1 is 1.10 bits per heavy atom. The molecule has 8 nitrogen and oxygen atoms in total. The SMILES string of the molecule is CCc1noc2cc(-n3c(=O)c4c(n5ncc(Cc6ccccc6)c35)CN(C(=O)c3ccc(Br)c(Cl)c3)CC4)ccc12. The van der Waals surface area contributed by atoms with Crippen LogP contribution in [-0.4, -0.2) is 36.7 Å². The van der Waals surface area contributed by atoms with E-state index in [1.54, 1.807) is 27.7 Å². The van der Waals surface area contributed by atoms with E-state index in [9.17, 15) is 9.59 Å². The Bertz CT molecular complexity index is 2060. The highest BCUT2D eigenvalue weighted by molar-refractivity contribution is 9.10. The first-order chi connectivity index (χ1) is 20.4. The van der Waals surface area contributed by atoms with Gasteiger partial charge in [-0.15, -0.1) is 0 Å². The van der Waals surface area contributed by atoms with Crippen molar-refractivity contribution in [2.75, 3.05) is 6.54 Å². The first-order valence-electron chi connectivity index (χ1n) is 13.7. The molecule has 210 valence electrons. The van der Waals surface area contributed by atoms with Crippen molar-refractivity contribution in [3.63, 3.8) is 0 Å². The smallest absolute Gasteiger partial charge is 0.261 e. The largest absolute Gasteiger partial charge is 0.356 e. The Balaban J connectivity index is 1.39. The topological polar surface area (TPSA) is 85.6 Å². The minimum atomic E-state index is -0.147. The maximum absolute atomic E-state index is 14.3. The van der Waals surface area contributed by atoms with Crippen molar-refractivity contribution in [3.8, 4) is 5.69 Å². The van der Waals surface area contributed by atoms with E-state index in [1.165, 1.54) is 0 Å². The molecule has 42 heavy (non-hydrogen) atoms. The molecular formula is C32H25BrClN5O3. The zero-order chi connectivity index (χ0) is 29.0. The van der Waals surface area contributed by atoms with Gasteiger partial charge in [-0.1, -0.05) is 54.0 Å².